The van der Waals surface area contributed by atoms with Crippen LogP contribution in [0.5, 0.6) is 0 Å². The summed E-state index contributed by atoms with van der Waals surface area (Å²) in [6.07, 6.45) is -0.0562. The Morgan fingerprint density at radius 1 is 1.03 bits per heavy atom. The number of alkyl carbamates (subject to hydrolysis) is 1. The summed E-state index contributed by atoms with van der Waals surface area (Å²) in [5, 5.41) is 2.76. The molecule has 182 valence electrons. The number of piperidine rings is 1. The normalized spacial score (nSPS) is 21.4. The Hall–Kier alpha value is -2.77. The number of carbonyl (C=O) groups is 3. The Morgan fingerprint density at radius 3 is 2.30 bits per heavy atom. The number of nitrogens with one attached hydrogen (secondary N) is 1. The molecule has 2 aliphatic rings. The fourth-order valence-corrected chi connectivity index (χ4v) is 4.44. The molecule has 1 N–H and O–H groups in total. The number of hydrogen-bond acceptors (Lipinski definition) is 5. The molecule has 0 saturated carbocycles. The van der Waals surface area contributed by atoms with E-state index in [1.54, 1.807) is 4.90 Å². The summed E-state index contributed by atoms with van der Waals surface area (Å²) in [5.74, 6) is 0.390. The van der Waals surface area contributed by atoms with Crippen molar-refractivity contribution in [2.24, 2.45) is 17.8 Å². The average molecular weight is 460 g/mol. The monoisotopic (exact) mass is 459 g/mol. The Morgan fingerprint density at radius 2 is 1.67 bits per heavy atom. The quantitative estimate of drug-likeness (QED) is 0.726. The van der Waals surface area contributed by atoms with Gasteiger partial charge >= 0.3 is 12.2 Å². The van der Waals surface area contributed by atoms with Gasteiger partial charge in [-0.3, -0.25) is 4.79 Å². The van der Waals surface area contributed by atoms with E-state index in [-0.39, 0.29) is 30.4 Å². The molecule has 3 atom stereocenters. The molecule has 33 heavy (non-hydrogen) atoms. The summed E-state index contributed by atoms with van der Waals surface area (Å²) < 4.78 is 10.8. The lowest BCUT2D eigenvalue weighted by Gasteiger charge is -2.35. The van der Waals surface area contributed by atoms with Crippen molar-refractivity contribution < 1.29 is 23.9 Å². The summed E-state index contributed by atoms with van der Waals surface area (Å²) >= 11 is 0. The number of benzene rings is 1. The molecule has 0 radical (unpaired) electrons. The van der Waals surface area contributed by atoms with Gasteiger partial charge in [0, 0.05) is 26.2 Å². The minimum atomic E-state index is -0.657. The van der Waals surface area contributed by atoms with Gasteiger partial charge in [-0.05, 0) is 50.5 Å². The van der Waals surface area contributed by atoms with E-state index in [9.17, 15) is 14.4 Å². The lowest BCUT2D eigenvalue weighted by molar-refractivity contribution is -0.133. The summed E-state index contributed by atoms with van der Waals surface area (Å²) in [6, 6.07) is 8.77. The first-order valence-corrected chi connectivity index (χ1v) is 11.8. The average Bonchev–Trinajstić information content (AvgIpc) is 3.18. The Kier molecular flexibility index (Phi) is 7.87. The van der Waals surface area contributed by atoms with Crippen LogP contribution in [0.1, 0.15) is 46.6 Å². The molecule has 1 aromatic rings. The van der Waals surface area contributed by atoms with E-state index >= 15 is 0 Å². The van der Waals surface area contributed by atoms with Crippen LogP contribution < -0.4 is 5.32 Å². The molecule has 0 aliphatic carbocycles. The van der Waals surface area contributed by atoms with Crippen LogP contribution >= 0.6 is 0 Å². The van der Waals surface area contributed by atoms with Crippen LogP contribution in [0.15, 0.2) is 30.3 Å². The lowest BCUT2D eigenvalue weighted by atomic mass is 9.89. The van der Waals surface area contributed by atoms with Gasteiger partial charge in [-0.25, -0.2) is 9.59 Å². The van der Waals surface area contributed by atoms with Gasteiger partial charge in [-0.1, -0.05) is 44.2 Å². The standard InChI is InChI=1S/C25H37N3O5/c1-17(2)21(26-23(30)32-16-18-9-7-6-8-10-18)22(29)28-13-19-11-12-27(14-20(19)15-28)24(31)33-25(3,4)5/h6-10,17,19-21H,11-16H2,1-5H3,(H,26,30)/t19-,20+,21-/m0/s1. The molecule has 2 fully saturated rings. The maximum absolute atomic E-state index is 13.3. The van der Waals surface area contributed by atoms with Crippen LogP contribution in [0, 0.1) is 17.8 Å². The zero-order valence-electron chi connectivity index (χ0n) is 20.4. The number of ether oxygens (including phenoxy) is 2. The predicted octanol–water partition coefficient (Wildman–Crippen LogP) is 3.65. The first-order chi connectivity index (χ1) is 15.5. The minimum Gasteiger partial charge on any atom is -0.445 e. The highest BCUT2D eigenvalue weighted by atomic mass is 16.6. The number of amides is 3. The van der Waals surface area contributed by atoms with Gasteiger partial charge < -0.3 is 24.6 Å². The van der Waals surface area contributed by atoms with Crippen molar-refractivity contribution in [3.63, 3.8) is 0 Å². The minimum absolute atomic E-state index is 0.0809. The highest BCUT2D eigenvalue weighted by Crippen LogP contribution is 2.32. The summed E-state index contributed by atoms with van der Waals surface area (Å²) in [4.78, 5) is 41.7. The molecule has 3 amide bonds. The Bertz CT molecular complexity index is 836. The van der Waals surface area contributed by atoms with E-state index in [0.29, 0.717) is 32.1 Å². The van der Waals surface area contributed by atoms with Crippen molar-refractivity contribution in [1.82, 2.24) is 15.1 Å². The maximum Gasteiger partial charge on any atom is 0.410 e. The SMILES string of the molecule is CC(C)[C@H](NC(=O)OCc1ccccc1)C(=O)N1C[C@H]2CN(C(=O)OC(C)(C)C)CC[C@H]2C1. The second-order valence-electron chi connectivity index (χ2n) is 10.4. The first kappa shape index (κ1) is 24.9. The van der Waals surface area contributed by atoms with Crippen LogP contribution in [0.25, 0.3) is 0 Å². The van der Waals surface area contributed by atoms with Crippen molar-refractivity contribution in [3.05, 3.63) is 35.9 Å². The number of fused-ring (bicyclic) bond motifs is 1. The predicted molar refractivity (Wildman–Crippen MR) is 124 cm³/mol. The zero-order chi connectivity index (χ0) is 24.2. The molecular weight excluding hydrogens is 422 g/mol. The first-order valence-electron chi connectivity index (χ1n) is 11.8. The Balaban J connectivity index is 1.54. The van der Waals surface area contributed by atoms with Crippen molar-refractivity contribution in [3.8, 4) is 0 Å². The number of nitrogens with zero attached hydrogens (tertiary/aromatic N) is 2. The van der Waals surface area contributed by atoms with Crippen molar-refractivity contribution in [2.75, 3.05) is 26.2 Å². The van der Waals surface area contributed by atoms with E-state index in [4.69, 9.17) is 9.47 Å². The number of carbonyl (C=O) groups excluding carboxylic acids is 3. The smallest absolute Gasteiger partial charge is 0.410 e. The molecule has 2 heterocycles. The second kappa shape index (κ2) is 10.4. The van der Waals surface area contributed by atoms with E-state index in [1.807, 2.05) is 69.9 Å². The van der Waals surface area contributed by atoms with Gasteiger partial charge in [0.1, 0.15) is 18.2 Å². The third kappa shape index (κ3) is 6.85. The zero-order valence-corrected chi connectivity index (χ0v) is 20.4. The van der Waals surface area contributed by atoms with Crippen LogP contribution in [0.3, 0.4) is 0 Å². The van der Waals surface area contributed by atoms with Gasteiger partial charge in [0.15, 0.2) is 0 Å². The molecular formula is C25H37N3O5. The lowest BCUT2D eigenvalue weighted by Crippen LogP contribution is -2.51. The molecule has 8 nitrogen and oxygen atoms in total. The summed E-state index contributed by atoms with van der Waals surface area (Å²) in [6.45, 7) is 12.0. The maximum atomic E-state index is 13.3. The fourth-order valence-electron chi connectivity index (χ4n) is 4.44. The van der Waals surface area contributed by atoms with Crippen molar-refractivity contribution >= 4 is 18.1 Å². The number of hydrogen-bond donors (Lipinski definition) is 1. The van der Waals surface area contributed by atoms with E-state index in [0.717, 1.165) is 12.0 Å². The van der Waals surface area contributed by atoms with Crippen LogP contribution in [0.2, 0.25) is 0 Å². The molecule has 2 aliphatic heterocycles. The van der Waals surface area contributed by atoms with Crippen LogP contribution in [-0.4, -0.2) is 65.7 Å². The van der Waals surface area contributed by atoms with E-state index in [2.05, 4.69) is 5.32 Å². The topological polar surface area (TPSA) is 88.2 Å². The fraction of sp³-hybridized carbons (Fsp3) is 0.640. The van der Waals surface area contributed by atoms with E-state index in [1.165, 1.54) is 0 Å². The summed E-state index contributed by atoms with van der Waals surface area (Å²) in [5.41, 5.74) is 0.356. The third-order valence-corrected chi connectivity index (χ3v) is 6.18. The number of likely N-dealkylation sites (tertiary alicyclic amines) is 2. The van der Waals surface area contributed by atoms with Crippen molar-refractivity contribution in [2.45, 2.75) is 59.3 Å². The molecule has 0 unspecified atom stereocenters. The molecule has 8 heteroatoms. The molecule has 0 bridgehead atoms. The van der Waals surface area contributed by atoms with Crippen LogP contribution in [0.4, 0.5) is 9.59 Å². The van der Waals surface area contributed by atoms with Crippen molar-refractivity contribution in [1.29, 1.82) is 0 Å². The highest BCUT2D eigenvalue weighted by molar-refractivity contribution is 5.86. The molecule has 0 spiro atoms. The summed E-state index contributed by atoms with van der Waals surface area (Å²) in [7, 11) is 0. The van der Waals surface area contributed by atoms with Gasteiger partial charge in [0.05, 0.1) is 0 Å². The second-order valence-corrected chi connectivity index (χ2v) is 10.4. The molecule has 3 rings (SSSR count). The highest BCUT2D eigenvalue weighted by Gasteiger charge is 2.42. The van der Waals surface area contributed by atoms with Gasteiger partial charge in [-0.2, -0.15) is 0 Å². The van der Waals surface area contributed by atoms with E-state index < -0.39 is 17.7 Å². The number of rotatable bonds is 5. The van der Waals surface area contributed by atoms with Gasteiger partial charge in [-0.15, -0.1) is 0 Å². The molecule has 2 saturated heterocycles. The Labute approximate surface area is 196 Å². The van der Waals surface area contributed by atoms with Gasteiger partial charge in [0.2, 0.25) is 5.91 Å². The van der Waals surface area contributed by atoms with Gasteiger partial charge in [0.25, 0.3) is 0 Å². The van der Waals surface area contributed by atoms with Crippen LogP contribution in [-0.2, 0) is 20.9 Å². The largest absolute Gasteiger partial charge is 0.445 e. The molecule has 1 aromatic carbocycles. The molecule has 0 aromatic heterocycles. The third-order valence-electron chi connectivity index (χ3n) is 6.18.